The maximum Gasteiger partial charge on any atom is 0.410 e. The van der Waals surface area contributed by atoms with Gasteiger partial charge in [0.25, 0.3) is 0 Å². The van der Waals surface area contributed by atoms with Gasteiger partial charge in [0.05, 0.1) is 13.2 Å². The second-order valence-corrected chi connectivity index (χ2v) is 7.88. The largest absolute Gasteiger partial charge is 0.444 e. The molecule has 0 aromatic heterocycles. The third-order valence-electron chi connectivity index (χ3n) is 4.20. The minimum absolute atomic E-state index is 0.0843. The SMILES string of the molecule is C=CCC1CN[C@@H](COCc2ccccc2)CN(C(=O)OC(C)(C)C)C1. The fourth-order valence-electron chi connectivity index (χ4n) is 2.99. The lowest BCUT2D eigenvalue weighted by Crippen LogP contribution is -2.44. The summed E-state index contributed by atoms with van der Waals surface area (Å²) in [6.45, 7) is 12.7. The maximum absolute atomic E-state index is 12.6. The highest BCUT2D eigenvalue weighted by Gasteiger charge is 2.29. The van der Waals surface area contributed by atoms with Crippen LogP contribution in [0.15, 0.2) is 43.0 Å². The molecule has 1 aliphatic heterocycles. The van der Waals surface area contributed by atoms with Crippen molar-refractivity contribution in [3.8, 4) is 0 Å². The molecule has 1 unspecified atom stereocenters. The number of rotatable bonds is 6. The van der Waals surface area contributed by atoms with Crippen molar-refractivity contribution in [3.63, 3.8) is 0 Å². The molecule has 1 heterocycles. The van der Waals surface area contributed by atoms with E-state index in [-0.39, 0.29) is 12.1 Å². The summed E-state index contributed by atoms with van der Waals surface area (Å²) in [5.41, 5.74) is 0.652. The van der Waals surface area contributed by atoms with Crippen molar-refractivity contribution in [1.29, 1.82) is 0 Å². The molecular weight excluding hydrogens is 328 g/mol. The number of carbonyl (C=O) groups is 1. The Morgan fingerprint density at radius 3 is 2.69 bits per heavy atom. The fraction of sp³-hybridized carbons (Fsp3) is 0.571. The molecule has 1 aromatic carbocycles. The highest BCUT2D eigenvalue weighted by atomic mass is 16.6. The number of allylic oxidation sites excluding steroid dienone is 1. The number of hydrogen-bond donors (Lipinski definition) is 1. The summed E-state index contributed by atoms with van der Waals surface area (Å²) in [4.78, 5) is 14.4. The number of carbonyl (C=O) groups excluding carboxylic acids is 1. The Bertz CT molecular complexity index is 568. The summed E-state index contributed by atoms with van der Waals surface area (Å²) < 4.78 is 11.5. The van der Waals surface area contributed by atoms with Crippen molar-refractivity contribution >= 4 is 6.09 Å². The molecule has 0 bridgehead atoms. The van der Waals surface area contributed by atoms with Crippen LogP contribution in [0.25, 0.3) is 0 Å². The van der Waals surface area contributed by atoms with E-state index in [1.165, 1.54) is 0 Å². The molecule has 144 valence electrons. The quantitative estimate of drug-likeness (QED) is 0.788. The van der Waals surface area contributed by atoms with E-state index in [4.69, 9.17) is 9.47 Å². The predicted molar refractivity (Wildman–Crippen MR) is 104 cm³/mol. The van der Waals surface area contributed by atoms with Gasteiger partial charge in [-0.15, -0.1) is 6.58 Å². The van der Waals surface area contributed by atoms with Gasteiger partial charge in [-0.1, -0.05) is 36.4 Å². The predicted octanol–water partition coefficient (Wildman–Crippen LogP) is 3.60. The molecule has 2 atom stereocenters. The zero-order valence-corrected chi connectivity index (χ0v) is 16.2. The van der Waals surface area contributed by atoms with Crippen LogP contribution in [-0.2, 0) is 16.1 Å². The van der Waals surface area contributed by atoms with Crippen LogP contribution in [0.5, 0.6) is 0 Å². The van der Waals surface area contributed by atoms with Gasteiger partial charge in [-0.25, -0.2) is 4.79 Å². The average molecular weight is 360 g/mol. The molecule has 1 N–H and O–H groups in total. The molecular formula is C21H32N2O3. The van der Waals surface area contributed by atoms with Gasteiger partial charge in [-0.3, -0.25) is 0 Å². The Morgan fingerprint density at radius 2 is 2.04 bits per heavy atom. The van der Waals surface area contributed by atoms with E-state index < -0.39 is 5.60 Å². The number of nitrogens with zero attached hydrogens (tertiary/aromatic N) is 1. The summed E-state index contributed by atoms with van der Waals surface area (Å²) in [5.74, 6) is 0.333. The van der Waals surface area contributed by atoms with Crippen LogP contribution in [-0.4, -0.2) is 48.9 Å². The lowest BCUT2D eigenvalue weighted by atomic mass is 10.1. The lowest BCUT2D eigenvalue weighted by molar-refractivity contribution is 0.0197. The van der Waals surface area contributed by atoms with E-state index in [0.29, 0.717) is 32.2 Å². The summed E-state index contributed by atoms with van der Waals surface area (Å²) in [7, 11) is 0. The molecule has 0 saturated carbocycles. The van der Waals surface area contributed by atoms with E-state index in [1.54, 1.807) is 4.90 Å². The van der Waals surface area contributed by atoms with Crippen molar-refractivity contribution in [3.05, 3.63) is 48.6 Å². The number of ether oxygens (including phenoxy) is 2. The van der Waals surface area contributed by atoms with Gasteiger partial charge in [0.2, 0.25) is 0 Å². The number of nitrogens with one attached hydrogen (secondary N) is 1. The van der Waals surface area contributed by atoms with Gasteiger partial charge < -0.3 is 19.7 Å². The van der Waals surface area contributed by atoms with Crippen molar-refractivity contribution in [2.45, 2.75) is 45.4 Å². The first-order chi connectivity index (χ1) is 12.4. The first-order valence-electron chi connectivity index (χ1n) is 9.31. The van der Waals surface area contributed by atoms with Gasteiger partial charge in [-0.2, -0.15) is 0 Å². The van der Waals surface area contributed by atoms with Crippen molar-refractivity contribution in [1.82, 2.24) is 10.2 Å². The molecule has 1 aromatic rings. The minimum Gasteiger partial charge on any atom is -0.444 e. The van der Waals surface area contributed by atoms with Crippen molar-refractivity contribution < 1.29 is 14.3 Å². The van der Waals surface area contributed by atoms with E-state index in [9.17, 15) is 4.79 Å². The van der Waals surface area contributed by atoms with Crippen LogP contribution in [0.4, 0.5) is 4.79 Å². The third kappa shape index (κ3) is 7.18. The number of benzene rings is 1. The zero-order chi connectivity index (χ0) is 19.0. The molecule has 1 aliphatic rings. The van der Waals surface area contributed by atoms with Crippen LogP contribution >= 0.6 is 0 Å². The molecule has 1 fully saturated rings. The Labute approximate surface area is 157 Å². The molecule has 1 saturated heterocycles. The average Bonchev–Trinajstić information content (AvgIpc) is 2.78. The molecule has 0 radical (unpaired) electrons. The minimum atomic E-state index is -0.496. The highest BCUT2D eigenvalue weighted by Crippen LogP contribution is 2.16. The van der Waals surface area contributed by atoms with E-state index in [0.717, 1.165) is 18.5 Å². The molecule has 1 amide bonds. The summed E-state index contributed by atoms with van der Waals surface area (Å²) in [6.07, 6.45) is 2.51. The monoisotopic (exact) mass is 360 g/mol. The molecule has 5 nitrogen and oxygen atoms in total. The zero-order valence-electron chi connectivity index (χ0n) is 16.2. The molecule has 0 aliphatic carbocycles. The second-order valence-electron chi connectivity index (χ2n) is 7.88. The van der Waals surface area contributed by atoms with E-state index >= 15 is 0 Å². The summed E-state index contributed by atoms with van der Waals surface area (Å²) >= 11 is 0. The third-order valence-corrected chi connectivity index (χ3v) is 4.20. The normalized spacial score (nSPS) is 21.1. The Balaban J connectivity index is 1.93. The van der Waals surface area contributed by atoms with Crippen LogP contribution in [0.1, 0.15) is 32.8 Å². The lowest BCUT2D eigenvalue weighted by Gasteiger charge is -2.29. The Morgan fingerprint density at radius 1 is 1.31 bits per heavy atom. The summed E-state index contributed by atoms with van der Waals surface area (Å²) in [6, 6.07) is 10.2. The van der Waals surface area contributed by atoms with Crippen LogP contribution in [0.3, 0.4) is 0 Å². The van der Waals surface area contributed by atoms with Gasteiger partial charge in [-0.05, 0) is 38.7 Å². The van der Waals surface area contributed by atoms with E-state index in [1.807, 2.05) is 57.2 Å². The fourth-order valence-corrected chi connectivity index (χ4v) is 2.99. The Kier molecular flexibility index (Phi) is 7.66. The highest BCUT2D eigenvalue weighted by molar-refractivity contribution is 5.68. The van der Waals surface area contributed by atoms with Crippen LogP contribution < -0.4 is 5.32 Å². The second kappa shape index (κ2) is 9.74. The Hall–Kier alpha value is -1.85. The van der Waals surface area contributed by atoms with Crippen LogP contribution in [0, 0.1) is 5.92 Å². The summed E-state index contributed by atoms with van der Waals surface area (Å²) in [5, 5.41) is 3.53. The first kappa shape index (κ1) is 20.5. The van der Waals surface area contributed by atoms with Gasteiger partial charge in [0, 0.05) is 25.7 Å². The molecule has 5 heteroatoms. The number of hydrogen-bond acceptors (Lipinski definition) is 4. The molecule has 0 spiro atoms. The maximum atomic E-state index is 12.6. The van der Waals surface area contributed by atoms with Gasteiger partial charge in [0.15, 0.2) is 0 Å². The van der Waals surface area contributed by atoms with Gasteiger partial charge in [0.1, 0.15) is 5.60 Å². The molecule has 2 rings (SSSR count). The molecule has 26 heavy (non-hydrogen) atoms. The van der Waals surface area contributed by atoms with E-state index in [2.05, 4.69) is 11.9 Å². The first-order valence-corrected chi connectivity index (χ1v) is 9.31. The van der Waals surface area contributed by atoms with Gasteiger partial charge >= 0.3 is 6.09 Å². The standard InChI is InChI=1S/C21H32N2O3/c1-5-9-18-12-22-19(16-25-15-17-10-7-6-8-11-17)14-23(13-18)20(24)26-21(2,3)4/h5-8,10-11,18-19,22H,1,9,12-16H2,2-4H3/t18?,19-/m1/s1. The van der Waals surface area contributed by atoms with Crippen molar-refractivity contribution in [2.75, 3.05) is 26.2 Å². The van der Waals surface area contributed by atoms with Crippen LogP contribution in [0.2, 0.25) is 0 Å². The smallest absolute Gasteiger partial charge is 0.410 e. The van der Waals surface area contributed by atoms with Crippen molar-refractivity contribution in [2.24, 2.45) is 5.92 Å². The topological polar surface area (TPSA) is 50.8 Å². The number of amides is 1.